The van der Waals surface area contributed by atoms with E-state index in [0.717, 1.165) is 11.1 Å². The second-order valence-corrected chi connectivity index (χ2v) is 11.8. The molecule has 0 bridgehead atoms. The first-order chi connectivity index (χ1) is 24.9. The second-order valence-electron chi connectivity index (χ2n) is 11.8. The molecule has 2 aromatic rings. The van der Waals surface area contributed by atoms with Crippen LogP contribution in [0.15, 0.2) is 95.5 Å². The minimum atomic E-state index is -1.16. The Labute approximate surface area is 302 Å². The molecule has 0 amide bonds. The normalized spacial score (nSPS) is 21.0. The second kappa shape index (κ2) is 20.4. The summed E-state index contributed by atoms with van der Waals surface area (Å²) in [5, 5.41) is 28.4. The number of carbonyl (C=O) groups excluding carboxylic acids is 4. The van der Waals surface area contributed by atoms with E-state index in [1.807, 2.05) is 0 Å². The van der Waals surface area contributed by atoms with Crippen molar-refractivity contribution in [1.82, 2.24) is 0 Å². The van der Waals surface area contributed by atoms with Crippen molar-refractivity contribution < 1.29 is 62.9 Å². The van der Waals surface area contributed by atoms with E-state index in [0.29, 0.717) is 29.6 Å². The minimum absolute atomic E-state index is 0.0284. The van der Waals surface area contributed by atoms with E-state index in [2.05, 4.69) is 0 Å². The lowest BCUT2D eigenvalue weighted by Crippen LogP contribution is -2.32. The number of rotatable bonds is 13. The van der Waals surface area contributed by atoms with Gasteiger partial charge in [0.2, 0.25) is 12.6 Å². The maximum atomic E-state index is 12.3. The Hall–Kier alpha value is -5.40. The number of benzene rings is 2. The van der Waals surface area contributed by atoms with Crippen LogP contribution in [0.3, 0.4) is 0 Å². The average Bonchev–Trinajstić information content (AvgIpc) is 3.13. The predicted octanol–water partition coefficient (Wildman–Crippen LogP) is 4.74. The Balaban J connectivity index is 0.000000281. The number of Topliss-reactive ketones (excluding diaryl/α,β-unsaturated/α-hetero) is 1. The molecule has 0 fully saturated rings. The van der Waals surface area contributed by atoms with Gasteiger partial charge in [0, 0.05) is 48.5 Å². The van der Waals surface area contributed by atoms with E-state index in [4.69, 9.17) is 28.4 Å². The van der Waals surface area contributed by atoms with E-state index < -0.39 is 42.3 Å². The molecule has 13 heteroatoms. The topological polar surface area (TPSA) is 184 Å². The zero-order valence-electron chi connectivity index (χ0n) is 29.9. The molecule has 0 aromatic heterocycles. The lowest BCUT2D eigenvalue weighted by Gasteiger charge is -2.30. The summed E-state index contributed by atoms with van der Waals surface area (Å²) in [7, 11) is 2.76. The first-order valence-corrected chi connectivity index (χ1v) is 16.6. The molecule has 2 aromatic carbocycles. The molecule has 0 saturated carbocycles. The molecule has 13 nitrogen and oxygen atoms in total. The van der Waals surface area contributed by atoms with Crippen LogP contribution in [0.4, 0.5) is 0 Å². The third kappa shape index (κ3) is 11.8. The van der Waals surface area contributed by atoms with Gasteiger partial charge >= 0.3 is 17.9 Å². The Morgan fingerprint density at radius 1 is 0.712 bits per heavy atom. The Bertz CT molecular complexity index is 1650. The molecule has 2 aliphatic heterocycles. The van der Waals surface area contributed by atoms with Gasteiger partial charge in [0.25, 0.3) is 0 Å². The van der Waals surface area contributed by atoms with Crippen LogP contribution in [0.1, 0.15) is 44.7 Å². The first kappa shape index (κ1) is 41.0. The van der Waals surface area contributed by atoms with Gasteiger partial charge in [-0.3, -0.25) is 14.4 Å². The summed E-state index contributed by atoms with van der Waals surface area (Å²) in [6.07, 6.45) is 5.05. The molecule has 0 unspecified atom stereocenters. The summed E-state index contributed by atoms with van der Waals surface area (Å²) >= 11 is 0. The third-order valence-corrected chi connectivity index (χ3v) is 8.39. The number of ketones is 1. The number of aliphatic hydroxyl groups is 1. The monoisotopic (exact) mass is 722 g/mol. The number of esters is 3. The van der Waals surface area contributed by atoms with Crippen molar-refractivity contribution in [2.75, 3.05) is 27.4 Å². The first-order valence-electron chi connectivity index (χ1n) is 16.6. The summed E-state index contributed by atoms with van der Waals surface area (Å²) in [5.41, 5.74) is 3.60. The zero-order chi connectivity index (χ0) is 38.2. The number of aromatic hydroxyl groups is 2. The molecule has 280 valence electrons. The minimum Gasteiger partial charge on any atom is -0.508 e. The largest absolute Gasteiger partial charge is 0.508 e. The highest BCUT2D eigenvalue weighted by Gasteiger charge is 2.37. The number of carbonyl (C=O) groups is 4. The molecule has 4 atom stereocenters. The van der Waals surface area contributed by atoms with E-state index in [1.54, 1.807) is 74.5 Å². The van der Waals surface area contributed by atoms with Crippen molar-refractivity contribution in [2.24, 2.45) is 11.8 Å². The van der Waals surface area contributed by atoms with Crippen LogP contribution in [0, 0.1) is 11.8 Å². The molecule has 52 heavy (non-hydrogen) atoms. The number of hydrogen-bond acceptors (Lipinski definition) is 13. The van der Waals surface area contributed by atoms with Crippen LogP contribution in [-0.2, 0) is 60.4 Å². The van der Waals surface area contributed by atoms with Gasteiger partial charge in [-0.25, -0.2) is 4.79 Å². The van der Waals surface area contributed by atoms with Crippen molar-refractivity contribution in [3.63, 3.8) is 0 Å². The number of ether oxygens (including phenoxy) is 6. The number of aliphatic hydroxyl groups excluding tert-OH is 1. The number of methoxy groups -OCH3 is 2. The predicted molar refractivity (Wildman–Crippen MR) is 187 cm³/mol. The smallest absolute Gasteiger partial charge is 0.337 e. The summed E-state index contributed by atoms with van der Waals surface area (Å²) in [6, 6.07) is 13.3. The maximum absolute atomic E-state index is 12.3. The number of phenolic OH excluding ortho intramolecular Hbond substituents is 2. The number of hydrogen-bond donors (Lipinski definition) is 3. The van der Waals surface area contributed by atoms with Gasteiger partial charge in [-0.15, -0.1) is 0 Å². The molecule has 0 radical (unpaired) electrons. The molecule has 0 saturated heterocycles. The average molecular weight is 723 g/mol. The molecule has 0 spiro atoms. The molecular weight excluding hydrogens is 676 g/mol. The summed E-state index contributed by atoms with van der Waals surface area (Å²) < 4.78 is 31.0. The van der Waals surface area contributed by atoms with Crippen LogP contribution >= 0.6 is 0 Å². The summed E-state index contributed by atoms with van der Waals surface area (Å²) in [6.45, 7) is 5.29. The fourth-order valence-electron chi connectivity index (χ4n) is 5.60. The standard InChI is InChI=1S/C20H24O7.C19H22O6/c1-4-15-16(17(19(23)24-2)12-27-20(15)25-3)11-18(22)26-10-9-13-5-7-14(21)8-6-13;1-3-15-16(17(12(2)20)11-25-19(15)23)10-18(22)24-9-8-13-4-6-14(21)7-5-13/h4-8,12,16,20-21H,9-11H2,1-3H3;3-7,11,16,19,21,23H,8-10H2,1-2H3/b15-4-;15-3-/t16-,20+;16-,19+/m11/s1. The van der Waals surface area contributed by atoms with Crippen molar-refractivity contribution in [3.8, 4) is 11.5 Å². The Kier molecular flexibility index (Phi) is 16.1. The summed E-state index contributed by atoms with van der Waals surface area (Å²) in [4.78, 5) is 48.2. The molecule has 4 rings (SSSR count). The summed E-state index contributed by atoms with van der Waals surface area (Å²) in [5.74, 6) is -2.40. The van der Waals surface area contributed by atoms with E-state index in [9.17, 15) is 34.5 Å². The van der Waals surface area contributed by atoms with Crippen LogP contribution in [0.25, 0.3) is 0 Å². The quantitative estimate of drug-likeness (QED) is 0.146. The maximum Gasteiger partial charge on any atom is 0.337 e. The molecule has 2 heterocycles. The van der Waals surface area contributed by atoms with E-state index in [1.165, 1.54) is 33.7 Å². The van der Waals surface area contributed by atoms with E-state index >= 15 is 0 Å². The van der Waals surface area contributed by atoms with Gasteiger partial charge in [0.15, 0.2) is 5.78 Å². The van der Waals surface area contributed by atoms with Gasteiger partial charge in [0.1, 0.15) is 11.5 Å². The molecule has 2 aliphatic rings. The van der Waals surface area contributed by atoms with Crippen LogP contribution in [0.2, 0.25) is 0 Å². The van der Waals surface area contributed by atoms with Gasteiger partial charge < -0.3 is 43.7 Å². The van der Waals surface area contributed by atoms with Crippen molar-refractivity contribution >= 4 is 23.7 Å². The van der Waals surface area contributed by atoms with Crippen LogP contribution in [0.5, 0.6) is 11.5 Å². The molecule has 0 aliphatic carbocycles. The molecule has 3 N–H and O–H groups in total. The van der Waals surface area contributed by atoms with E-state index in [-0.39, 0.29) is 48.9 Å². The zero-order valence-corrected chi connectivity index (χ0v) is 29.9. The van der Waals surface area contributed by atoms with Gasteiger partial charge in [-0.1, -0.05) is 36.4 Å². The Morgan fingerprint density at radius 3 is 1.60 bits per heavy atom. The van der Waals surface area contributed by atoms with Crippen LogP contribution in [-0.4, -0.2) is 79.0 Å². The lowest BCUT2D eigenvalue weighted by molar-refractivity contribution is -0.146. The van der Waals surface area contributed by atoms with Crippen molar-refractivity contribution in [2.45, 2.75) is 59.0 Å². The van der Waals surface area contributed by atoms with Gasteiger partial charge in [-0.2, -0.15) is 0 Å². The molecular formula is C39H46O13. The number of phenols is 2. The lowest BCUT2D eigenvalue weighted by atomic mass is 9.84. The SMILES string of the molecule is C/C=C1\[C@@H](O)OC=C(C(C)=O)[C@@H]1CC(=O)OCCc1ccc(O)cc1.C/C=C1\[C@@H](OC)OC=C(C(=O)OC)[C@@H]1CC(=O)OCCc1ccc(O)cc1. The van der Waals surface area contributed by atoms with Crippen molar-refractivity contribution in [1.29, 1.82) is 0 Å². The fraction of sp³-hybridized carbons (Fsp3) is 0.385. The fourth-order valence-corrected chi connectivity index (χ4v) is 5.60. The van der Waals surface area contributed by atoms with Crippen molar-refractivity contribution in [3.05, 3.63) is 107 Å². The highest BCUT2D eigenvalue weighted by atomic mass is 16.7. The highest BCUT2D eigenvalue weighted by molar-refractivity contribution is 5.95. The third-order valence-electron chi connectivity index (χ3n) is 8.39. The van der Waals surface area contributed by atoms with Gasteiger partial charge in [0.05, 0.1) is 51.3 Å². The van der Waals surface area contributed by atoms with Crippen LogP contribution < -0.4 is 0 Å². The van der Waals surface area contributed by atoms with Gasteiger partial charge in [-0.05, 0) is 56.2 Å². The number of allylic oxidation sites excluding steroid dienone is 3. The Morgan fingerprint density at radius 2 is 1.17 bits per heavy atom. The highest BCUT2D eigenvalue weighted by Crippen LogP contribution is 2.34.